The Bertz CT molecular complexity index is 494. The third-order valence-electron chi connectivity index (χ3n) is 2.52. The molecule has 2 rings (SSSR count). The minimum Gasteiger partial charge on any atom is -0.383 e. The summed E-state index contributed by atoms with van der Waals surface area (Å²) in [4.78, 5) is 12.5. The molecular formula is C12H14N4. The lowest BCUT2D eigenvalue weighted by Crippen LogP contribution is -2.05. The average molecular weight is 214 g/mol. The van der Waals surface area contributed by atoms with E-state index in [2.05, 4.69) is 15.0 Å². The lowest BCUT2D eigenvalue weighted by Gasteiger charge is -2.08. The van der Waals surface area contributed by atoms with Gasteiger partial charge in [0, 0.05) is 24.4 Å². The van der Waals surface area contributed by atoms with E-state index < -0.39 is 0 Å². The summed E-state index contributed by atoms with van der Waals surface area (Å²) in [6.45, 7) is 3.80. The second-order valence-electron chi connectivity index (χ2n) is 3.76. The first-order chi connectivity index (χ1) is 7.66. The maximum atomic E-state index is 5.81. The summed E-state index contributed by atoms with van der Waals surface area (Å²) in [6, 6.07) is 3.96. The fraction of sp³-hybridized carbons (Fsp3) is 0.250. The van der Waals surface area contributed by atoms with E-state index in [4.69, 9.17) is 5.73 Å². The number of aryl methyl sites for hydroxylation is 1. The normalized spacial score (nSPS) is 10.4. The predicted octanol–water partition coefficient (Wildman–Crippen LogP) is 1.66. The molecule has 0 radical (unpaired) electrons. The summed E-state index contributed by atoms with van der Waals surface area (Å²) in [5.41, 5.74) is 8.93. The van der Waals surface area contributed by atoms with Gasteiger partial charge < -0.3 is 5.73 Å². The Hall–Kier alpha value is -1.97. The van der Waals surface area contributed by atoms with Crippen molar-refractivity contribution in [2.45, 2.75) is 20.3 Å². The van der Waals surface area contributed by atoms with Gasteiger partial charge in [-0.15, -0.1) is 0 Å². The maximum Gasteiger partial charge on any atom is 0.130 e. The van der Waals surface area contributed by atoms with Crippen molar-refractivity contribution < 1.29 is 0 Å². The molecule has 0 aliphatic heterocycles. The molecule has 2 aromatic rings. The van der Waals surface area contributed by atoms with Crippen molar-refractivity contribution in [1.82, 2.24) is 15.0 Å². The summed E-state index contributed by atoms with van der Waals surface area (Å²) in [5.74, 6) is 1.28. The van der Waals surface area contributed by atoms with Gasteiger partial charge in [0.05, 0.1) is 5.69 Å². The molecule has 2 heterocycles. The number of pyridine rings is 1. The molecule has 0 spiro atoms. The Labute approximate surface area is 94.6 Å². The van der Waals surface area contributed by atoms with E-state index in [1.54, 1.807) is 12.4 Å². The van der Waals surface area contributed by atoms with Crippen LogP contribution in [0.4, 0.5) is 5.82 Å². The lowest BCUT2D eigenvalue weighted by molar-refractivity contribution is 0.949. The Morgan fingerprint density at radius 2 is 1.81 bits per heavy atom. The lowest BCUT2D eigenvalue weighted by atomic mass is 10.1. The van der Waals surface area contributed by atoms with Crippen LogP contribution in [0.5, 0.6) is 0 Å². The van der Waals surface area contributed by atoms with Gasteiger partial charge in [-0.05, 0) is 31.5 Å². The number of hydrogen-bond acceptors (Lipinski definition) is 4. The van der Waals surface area contributed by atoms with E-state index in [1.165, 1.54) is 5.56 Å². The predicted molar refractivity (Wildman–Crippen MR) is 63.0 cm³/mol. The van der Waals surface area contributed by atoms with Crippen molar-refractivity contribution in [3.8, 4) is 0 Å². The molecule has 0 saturated heterocycles. The zero-order chi connectivity index (χ0) is 11.5. The Kier molecular flexibility index (Phi) is 2.81. The number of aromatic nitrogens is 3. The van der Waals surface area contributed by atoms with Crippen molar-refractivity contribution in [2.24, 2.45) is 0 Å². The summed E-state index contributed by atoms with van der Waals surface area (Å²) in [5, 5.41) is 0. The summed E-state index contributed by atoms with van der Waals surface area (Å²) >= 11 is 0. The zero-order valence-corrected chi connectivity index (χ0v) is 9.44. The third kappa shape index (κ3) is 2.16. The zero-order valence-electron chi connectivity index (χ0n) is 9.44. The second kappa shape index (κ2) is 4.26. The molecule has 0 fully saturated rings. The summed E-state index contributed by atoms with van der Waals surface area (Å²) < 4.78 is 0. The van der Waals surface area contributed by atoms with Gasteiger partial charge >= 0.3 is 0 Å². The molecule has 4 nitrogen and oxygen atoms in total. The molecular weight excluding hydrogens is 200 g/mol. The van der Waals surface area contributed by atoms with Gasteiger partial charge in [0.15, 0.2) is 0 Å². The fourth-order valence-corrected chi connectivity index (χ4v) is 1.58. The van der Waals surface area contributed by atoms with Crippen LogP contribution in [-0.4, -0.2) is 15.0 Å². The second-order valence-corrected chi connectivity index (χ2v) is 3.76. The highest BCUT2D eigenvalue weighted by Crippen LogP contribution is 2.15. The van der Waals surface area contributed by atoms with Gasteiger partial charge in [-0.2, -0.15) is 0 Å². The highest BCUT2D eigenvalue weighted by Gasteiger charge is 2.07. The van der Waals surface area contributed by atoms with Gasteiger partial charge in [-0.3, -0.25) is 4.98 Å². The molecule has 0 bridgehead atoms. The van der Waals surface area contributed by atoms with Crippen molar-refractivity contribution in [1.29, 1.82) is 0 Å². The van der Waals surface area contributed by atoms with Crippen LogP contribution in [-0.2, 0) is 6.42 Å². The average Bonchev–Trinajstić information content (AvgIpc) is 2.27. The van der Waals surface area contributed by atoms with E-state index in [1.807, 2.05) is 26.0 Å². The SMILES string of the molecule is Cc1nc(N)c(C)c(Cc2ccncc2)n1. The maximum absolute atomic E-state index is 5.81. The molecule has 16 heavy (non-hydrogen) atoms. The number of nitrogens with two attached hydrogens (primary N) is 1. The first-order valence-electron chi connectivity index (χ1n) is 5.15. The van der Waals surface area contributed by atoms with Crippen LogP contribution in [0.1, 0.15) is 22.6 Å². The standard InChI is InChI=1S/C12H14N4/c1-8-11(15-9(2)16-12(8)13)7-10-3-5-14-6-4-10/h3-6H,7H2,1-2H3,(H2,13,15,16). The minimum absolute atomic E-state index is 0.566. The molecule has 0 saturated carbocycles. The monoisotopic (exact) mass is 214 g/mol. The number of hydrogen-bond donors (Lipinski definition) is 1. The number of nitrogen functional groups attached to an aromatic ring is 1. The Morgan fingerprint density at radius 3 is 2.50 bits per heavy atom. The molecule has 0 unspecified atom stereocenters. The first-order valence-corrected chi connectivity index (χ1v) is 5.15. The number of anilines is 1. The van der Waals surface area contributed by atoms with Gasteiger partial charge in [0.2, 0.25) is 0 Å². The molecule has 0 aliphatic rings. The molecule has 2 N–H and O–H groups in total. The van der Waals surface area contributed by atoms with Crippen LogP contribution >= 0.6 is 0 Å². The molecule has 0 aliphatic carbocycles. The van der Waals surface area contributed by atoms with E-state index in [0.717, 1.165) is 17.7 Å². The summed E-state index contributed by atoms with van der Waals surface area (Å²) in [7, 11) is 0. The smallest absolute Gasteiger partial charge is 0.130 e. The Balaban J connectivity index is 2.35. The van der Waals surface area contributed by atoms with E-state index >= 15 is 0 Å². The van der Waals surface area contributed by atoms with Crippen molar-refractivity contribution in [3.63, 3.8) is 0 Å². The largest absolute Gasteiger partial charge is 0.383 e. The van der Waals surface area contributed by atoms with Crippen molar-refractivity contribution in [3.05, 3.63) is 47.2 Å². The highest BCUT2D eigenvalue weighted by atomic mass is 14.9. The van der Waals surface area contributed by atoms with Gasteiger partial charge in [0.1, 0.15) is 11.6 Å². The van der Waals surface area contributed by atoms with Crippen molar-refractivity contribution >= 4 is 5.82 Å². The van der Waals surface area contributed by atoms with Gasteiger partial charge in [0.25, 0.3) is 0 Å². The minimum atomic E-state index is 0.566. The molecule has 0 atom stereocenters. The third-order valence-corrected chi connectivity index (χ3v) is 2.52. The van der Waals surface area contributed by atoms with Crippen LogP contribution in [0.2, 0.25) is 0 Å². The number of nitrogens with zero attached hydrogens (tertiary/aromatic N) is 3. The molecule has 4 heteroatoms. The number of rotatable bonds is 2. The fourth-order valence-electron chi connectivity index (χ4n) is 1.58. The van der Waals surface area contributed by atoms with Gasteiger partial charge in [-0.1, -0.05) is 0 Å². The Morgan fingerprint density at radius 1 is 1.12 bits per heavy atom. The van der Waals surface area contributed by atoms with E-state index in [9.17, 15) is 0 Å². The van der Waals surface area contributed by atoms with Crippen LogP contribution in [0.25, 0.3) is 0 Å². The van der Waals surface area contributed by atoms with E-state index in [0.29, 0.717) is 11.6 Å². The van der Waals surface area contributed by atoms with Gasteiger partial charge in [-0.25, -0.2) is 9.97 Å². The molecule has 0 amide bonds. The topological polar surface area (TPSA) is 64.7 Å². The molecule has 2 aromatic heterocycles. The molecule has 0 aromatic carbocycles. The van der Waals surface area contributed by atoms with Crippen LogP contribution in [0.3, 0.4) is 0 Å². The molecule has 82 valence electrons. The highest BCUT2D eigenvalue weighted by molar-refractivity contribution is 5.42. The first kappa shape index (κ1) is 10.5. The van der Waals surface area contributed by atoms with Crippen LogP contribution in [0, 0.1) is 13.8 Å². The summed E-state index contributed by atoms with van der Waals surface area (Å²) in [6.07, 6.45) is 4.33. The van der Waals surface area contributed by atoms with E-state index in [-0.39, 0.29) is 0 Å². The van der Waals surface area contributed by atoms with Crippen LogP contribution in [0.15, 0.2) is 24.5 Å². The quantitative estimate of drug-likeness (QED) is 0.825. The van der Waals surface area contributed by atoms with Crippen LogP contribution < -0.4 is 5.73 Å². The van der Waals surface area contributed by atoms with Crippen molar-refractivity contribution in [2.75, 3.05) is 5.73 Å².